The van der Waals surface area contributed by atoms with Crippen molar-refractivity contribution >= 4 is 5.91 Å². The summed E-state index contributed by atoms with van der Waals surface area (Å²) in [4.78, 5) is 15.7. The first-order valence-electron chi connectivity index (χ1n) is 6.88. The maximum Gasteiger partial charge on any atom is 0.236 e. The molecular formula is C16H26N2O2. The van der Waals surface area contributed by atoms with E-state index >= 15 is 0 Å². The summed E-state index contributed by atoms with van der Waals surface area (Å²) in [5.41, 5.74) is 1.56. The van der Waals surface area contributed by atoms with Crippen molar-refractivity contribution in [1.29, 1.82) is 0 Å². The third-order valence-electron chi connectivity index (χ3n) is 3.16. The van der Waals surface area contributed by atoms with Crippen LogP contribution >= 0.6 is 0 Å². The van der Waals surface area contributed by atoms with Crippen LogP contribution in [-0.2, 0) is 11.3 Å². The predicted molar refractivity (Wildman–Crippen MR) is 81.4 cm³/mol. The van der Waals surface area contributed by atoms with Crippen molar-refractivity contribution in [1.82, 2.24) is 9.80 Å². The highest BCUT2D eigenvalue weighted by molar-refractivity contribution is 5.78. The fourth-order valence-corrected chi connectivity index (χ4v) is 2.20. The van der Waals surface area contributed by atoms with E-state index in [2.05, 4.69) is 0 Å². The minimum atomic E-state index is -0.788. The Labute approximate surface area is 122 Å². The minimum absolute atomic E-state index is 0.0556. The molecular weight excluding hydrogens is 252 g/mol. The van der Waals surface area contributed by atoms with Gasteiger partial charge in [-0.1, -0.05) is 24.3 Å². The molecule has 4 nitrogen and oxygen atoms in total. The second kappa shape index (κ2) is 6.86. The SMILES string of the molecule is Cc1ccccc1CN(C)C(=O)CN(C)CC(C)(C)O. The Morgan fingerprint density at radius 3 is 2.40 bits per heavy atom. The molecule has 0 heterocycles. The Morgan fingerprint density at radius 1 is 1.25 bits per heavy atom. The maximum absolute atomic E-state index is 12.2. The summed E-state index contributed by atoms with van der Waals surface area (Å²) in [5, 5.41) is 9.74. The van der Waals surface area contributed by atoms with E-state index in [1.807, 2.05) is 50.2 Å². The van der Waals surface area contributed by atoms with Gasteiger partial charge in [0, 0.05) is 20.1 Å². The molecule has 1 amide bonds. The van der Waals surface area contributed by atoms with Gasteiger partial charge in [-0.2, -0.15) is 0 Å². The van der Waals surface area contributed by atoms with E-state index in [9.17, 15) is 9.90 Å². The number of likely N-dealkylation sites (N-methyl/N-ethyl adjacent to an activating group) is 2. The van der Waals surface area contributed by atoms with Gasteiger partial charge in [0.1, 0.15) is 0 Å². The van der Waals surface area contributed by atoms with Gasteiger partial charge in [-0.3, -0.25) is 9.69 Å². The largest absolute Gasteiger partial charge is 0.389 e. The first-order valence-corrected chi connectivity index (χ1v) is 6.88. The molecule has 112 valence electrons. The van der Waals surface area contributed by atoms with Crippen LogP contribution in [-0.4, -0.2) is 53.6 Å². The second-order valence-corrected chi connectivity index (χ2v) is 6.16. The molecule has 0 saturated heterocycles. The molecule has 1 N–H and O–H groups in total. The Balaban J connectivity index is 2.53. The number of amides is 1. The Bertz CT molecular complexity index is 452. The fraction of sp³-hybridized carbons (Fsp3) is 0.562. The van der Waals surface area contributed by atoms with E-state index in [1.165, 1.54) is 5.56 Å². The van der Waals surface area contributed by atoms with Crippen LogP contribution in [0.25, 0.3) is 0 Å². The lowest BCUT2D eigenvalue weighted by Crippen LogP contribution is -2.42. The predicted octanol–water partition coefficient (Wildman–Crippen LogP) is 1.66. The Morgan fingerprint density at radius 2 is 1.85 bits per heavy atom. The third-order valence-corrected chi connectivity index (χ3v) is 3.16. The van der Waals surface area contributed by atoms with Gasteiger partial charge < -0.3 is 10.0 Å². The standard InChI is InChI=1S/C16H26N2O2/c1-13-8-6-7-9-14(13)10-18(5)15(19)11-17(4)12-16(2,3)20/h6-9,20H,10-12H2,1-5H3. The topological polar surface area (TPSA) is 43.8 Å². The number of rotatable bonds is 6. The van der Waals surface area contributed by atoms with Gasteiger partial charge in [-0.05, 0) is 38.9 Å². The van der Waals surface area contributed by atoms with E-state index in [4.69, 9.17) is 0 Å². The molecule has 1 rings (SSSR count). The number of carbonyl (C=O) groups is 1. The van der Waals surface area contributed by atoms with E-state index in [1.54, 1.807) is 18.7 Å². The van der Waals surface area contributed by atoms with Gasteiger partial charge in [0.2, 0.25) is 5.91 Å². The van der Waals surface area contributed by atoms with Gasteiger partial charge in [-0.25, -0.2) is 0 Å². The first-order chi connectivity index (χ1) is 9.19. The van der Waals surface area contributed by atoms with Crippen molar-refractivity contribution < 1.29 is 9.90 Å². The molecule has 1 aromatic carbocycles. The van der Waals surface area contributed by atoms with Gasteiger partial charge in [-0.15, -0.1) is 0 Å². The van der Waals surface area contributed by atoms with Crippen molar-refractivity contribution in [3.63, 3.8) is 0 Å². The number of aryl methyl sites for hydroxylation is 1. The molecule has 0 saturated carbocycles. The molecule has 0 aliphatic carbocycles. The smallest absolute Gasteiger partial charge is 0.236 e. The molecule has 0 aliphatic heterocycles. The highest BCUT2D eigenvalue weighted by Gasteiger charge is 2.19. The normalized spacial score (nSPS) is 11.8. The second-order valence-electron chi connectivity index (χ2n) is 6.16. The van der Waals surface area contributed by atoms with E-state index in [0.29, 0.717) is 19.6 Å². The van der Waals surface area contributed by atoms with Gasteiger partial charge in [0.25, 0.3) is 0 Å². The lowest BCUT2D eigenvalue weighted by atomic mass is 10.1. The number of hydrogen-bond donors (Lipinski definition) is 1. The Kier molecular flexibility index (Phi) is 5.72. The summed E-state index contributed by atoms with van der Waals surface area (Å²) in [5.74, 6) is 0.0556. The van der Waals surface area contributed by atoms with Crippen LogP contribution in [0, 0.1) is 6.92 Å². The van der Waals surface area contributed by atoms with E-state index in [-0.39, 0.29) is 5.91 Å². The summed E-state index contributed by atoms with van der Waals surface area (Å²) >= 11 is 0. The monoisotopic (exact) mass is 278 g/mol. The molecule has 0 fully saturated rings. The zero-order valence-corrected chi connectivity index (χ0v) is 13.2. The number of aliphatic hydroxyl groups is 1. The summed E-state index contributed by atoms with van der Waals surface area (Å²) in [7, 11) is 3.66. The first kappa shape index (κ1) is 16.7. The lowest BCUT2D eigenvalue weighted by molar-refractivity contribution is -0.131. The molecule has 20 heavy (non-hydrogen) atoms. The van der Waals surface area contributed by atoms with Crippen LogP contribution in [0.5, 0.6) is 0 Å². The minimum Gasteiger partial charge on any atom is -0.389 e. The molecule has 1 aromatic rings. The van der Waals surface area contributed by atoms with Crippen LogP contribution in [0.1, 0.15) is 25.0 Å². The van der Waals surface area contributed by atoms with E-state index in [0.717, 1.165) is 5.56 Å². The molecule has 0 unspecified atom stereocenters. The number of carbonyl (C=O) groups excluding carboxylic acids is 1. The molecule has 0 atom stereocenters. The number of benzene rings is 1. The van der Waals surface area contributed by atoms with E-state index < -0.39 is 5.60 Å². The molecule has 0 aromatic heterocycles. The van der Waals surface area contributed by atoms with Crippen LogP contribution in [0.4, 0.5) is 0 Å². The number of hydrogen-bond acceptors (Lipinski definition) is 3. The molecule has 4 heteroatoms. The zero-order chi connectivity index (χ0) is 15.3. The average molecular weight is 278 g/mol. The van der Waals surface area contributed by atoms with Gasteiger partial charge >= 0.3 is 0 Å². The fourth-order valence-electron chi connectivity index (χ4n) is 2.20. The number of nitrogens with zero attached hydrogens (tertiary/aromatic N) is 2. The van der Waals surface area contributed by atoms with Crippen molar-refractivity contribution in [2.24, 2.45) is 0 Å². The Hall–Kier alpha value is -1.39. The zero-order valence-electron chi connectivity index (χ0n) is 13.2. The highest BCUT2D eigenvalue weighted by Crippen LogP contribution is 2.10. The molecule has 0 spiro atoms. The quantitative estimate of drug-likeness (QED) is 0.860. The van der Waals surface area contributed by atoms with Crippen LogP contribution in [0.3, 0.4) is 0 Å². The summed E-state index contributed by atoms with van der Waals surface area (Å²) in [6.07, 6.45) is 0. The molecule has 0 bridgehead atoms. The molecule has 0 radical (unpaired) electrons. The summed E-state index contributed by atoms with van der Waals surface area (Å²) in [6.45, 7) is 6.93. The van der Waals surface area contributed by atoms with Crippen molar-refractivity contribution in [3.05, 3.63) is 35.4 Å². The summed E-state index contributed by atoms with van der Waals surface area (Å²) < 4.78 is 0. The lowest BCUT2D eigenvalue weighted by Gasteiger charge is -2.27. The van der Waals surface area contributed by atoms with Crippen molar-refractivity contribution in [2.45, 2.75) is 32.9 Å². The van der Waals surface area contributed by atoms with Crippen molar-refractivity contribution in [3.8, 4) is 0 Å². The highest BCUT2D eigenvalue weighted by atomic mass is 16.3. The van der Waals surface area contributed by atoms with Crippen molar-refractivity contribution in [2.75, 3.05) is 27.2 Å². The van der Waals surface area contributed by atoms with Crippen LogP contribution in [0.15, 0.2) is 24.3 Å². The van der Waals surface area contributed by atoms with Gasteiger partial charge in [0.05, 0.1) is 12.1 Å². The van der Waals surface area contributed by atoms with Crippen LogP contribution in [0.2, 0.25) is 0 Å². The average Bonchev–Trinajstić information content (AvgIpc) is 2.29. The summed E-state index contributed by atoms with van der Waals surface area (Å²) in [6, 6.07) is 8.08. The van der Waals surface area contributed by atoms with Crippen LogP contribution < -0.4 is 0 Å². The third kappa shape index (κ3) is 5.72. The maximum atomic E-state index is 12.2. The van der Waals surface area contributed by atoms with Gasteiger partial charge in [0.15, 0.2) is 0 Å². The molecule has 0 aliphatic rings.